The number of carbonyl (C=O) groups is 3. The van der Waals surface area contributed by atoms with Crippen LogP contribution in [-0.2, 0) is 32.1 Å². The number of amides is 2. The van der Waals surface area contributed by atoms with E-state index in [2.05, 4.69) is 0 Å². The molecule has 6 nitrogen and oxygen atoms in total. The molecule has 1 aliphatic heterocycles. The number of hydrogen-bond acceptors (Lipinski definition) is 5. The van der Waals surface area contributed by atoms with Crippen molar-refractivity contribution in [3.05, 3.63) is 71.8 Å². The Morgan fingerprint density at radius 2 is 1.53 bits per heavy atom. The lowest BCUT2D eigenvalue weighted by Crippen LogP contribution is -2.48. The maximum absolute atomic E-state index is 13.0. The van der Waals surface area contributed by atoms with Gasteiger partial charge in [0.1, 0.15) is 18.2 Å². The van der Waals surface area contributed by atoms with Crippen molar-refractivity contribution in [2.45, 2.75) is 51.9 Å². The summed E-state index contributed by atoms with van der Waals surface area (Å²) in [4.78, 5) is 39.4. The smallest absolute Gasteiger partial charge is 0.417 e. The molecular formula is C24H27NO5. The quantitative estimate of drug-likeness (QED) is 0.695. The standard InChI is InChI=1S/C24H27NO5/c1-24(2,3)30-23(28)25-20(26)15-19(14-17-10-6-4-7-11-17)21(25)22(27)29-16-18-12-8-5-9-13-18/h4-13,19,21H,14-16H2,1-3H3. The second-order valence-electron chi connectivity index (χ2n) is 8.44. The fraction of sp³-hybridized carbons (Fsp3) is 0.375. The normalized spacial score (nSPS) is 18.9. The summed E-state index contributed by atoms with van der Waals surface area (Å²) in [5, 5.41) is 0. The highest BCUT2D eigenvalue weighted by atomic mass is 16.6. The fourth-order valence-corrected chi connectivity index (χ4v) is 3.54. The number of benzene rings is 2. The van der Waals surface area contributed by atoms with Gasteiger partial charge in [-0.25, -0.2) is 14.5 Å². The first kappa shape index (κ1) is 21.6. The van der Waals surface area contributed by atoms with E-state index >= 15 is 0 Å². The van der Waals surface area contributed by atoms with Crippen LogP contribution in [0.15, 0.2) is 60.7 Å². The molecule has 2 aromatic rings. The molecule has 1 saturated heterocycles. The van der Waals surface area contributed by atoms with Crippen molar-refractivity contribution in [1.29, 1.82) is 0 Å². The minimum absolute atomic E-state index is 0.0740. The van der Waals surface area contributed by atoms with E-state index in [1.807, 2.05) is 60.7 Å². The predicted molar refractivity (Wildman–Crippen MR) is 111 cm³/mol. The van der Waals surface area contributed by atoms with Gasteiger partial charge in [0.2, 0.25) is 5.91 Å². The van der Waals surface area contributed by atoms with Crippen LogP contribution >= 0.6 is 0 Å². The van der Waals surface area contributed by atoms with Gasteiger partial charge in [0.15, 0.2) is 0 Å². The molecular weight excluding hydrogens is 382 g/mol. The molecule has 1 heterocycles. The maximum Gasteiger partial charge on any atom is 0.417 e. The van der Waals surface area contributed by atoms with Crippen molar-refractivity contribution in [2.75, 3.05) is 0 Å². The molecule has 0 bridgehead atoms. The van der Waals surface area contributed by atoms with E-state index in [0.29, 0.717) is 6.42 Å². The summed E-state index contributed by atoms with van der Waals surface area (Å²) in [5.74, 6) is -1.40. The van der Waals surface area contributed by atoms with Crippen molar-refractivity contribution < 1.29 is 23.9 Å². The molecule has 2 unspecified atom stereocenters. The van der Waals surface area contributed by atoms with Crippen molar-refractivity contribution in [2.24, 2.45) is 5.92 Å². The van der Waals surface area contributed by atoms with E-state index in [-0.39, 0.29) is 18.9 Å². The second-order valence-corrected chi connectivity index (χ2v) is 8.44. The topological polar surface area (TPSA) is 72.9 Å². The van der Waals surface area contributed by atoms with E-state index in [9.17, 15) is 14.4 Å². The zero-order chi connectivity index (χ0) is 21.7. The molecule has 0 aliphatic carbocycles. The average molecular weight is 409 g/mol. The second kappa shape index (κ2) is 9.11. The Balaban J connectivity index is 1.82. The van der Waals surface area contributed by atoms with Crippen LogP contribution in [0.5, 0.6) is 0 Å². The van der Waals surface area contributed by atoms with Gasteiger partial charge in [0, 0.05) is 12.3 Å². The lowest BCUT2D eigenvalue weighted by atomic mass is 9.92. The Labute approximate surface area is 176 Å². The SMILES string of the molecule is CC(C)(C)OC(=O)N1C(=O)CC(Cc2ccccc2)C1C(=O)OCc1ccccc1. The highest BCUT2D eigenvalue weighted by Gasteiger charge is 2.49. The van der Waals surface area contributed by atoms with Crippen LogP contribution in [0.2, 0.25) is 0 Å². The minimum atomic E-state index is -1.02. The zero-order valence-electron chi connectivity index (χ0n) is 17.5. The van der Waals surface area contributed by atoms with Gasteiger partial charge < -0.3 is 9.47 Å². The highest BCUT2D eigenvalue weighted by Crippen LogP contribution is 2.31. The molecule has 6 heteroatoms. The Morgan fingerprint density at radius 3 is 2.10 bits per heavy atom. The lowest BCUT2D eigenvalue weighted by Gasteiger charge is -2.28. The van der Waals surface area contributed by atoms with Crippen LogP contribution in [0, 0.1) is 5.92 Å². The molecule has 0 radical (unpaired) electrons. The number of esters is 1. The summed E-state index contributed by atoms with van der Waals surface area (Å²) in [7, 11) is 0. The largest absolute Gasteiger partial charge is 0.459 e. The van der Waals surface area contributed by atoms with Crippen LogP contribution in [0.4, 0.5) is 4.79 Å². The summed E-state index contributed by atoms with van der Waals surface area (Å²) in [5.41, 5.74) is 1.04. The van der Waals surface area contributed by atoms with Gasteiger partial charge in [-0.1, -0.05) is 60.7 Å². The maximum atomic E-state index is 13.0. The molecule has 2 aromatic carbocycles. The predicted octanol–water partition coefficient (Wildman–Crippen LogP) is 4.12. The number of imide groups is 1. The van der Waals surface area contributed by atoms with Crippen LogP contribution in [-0.4, -0.2) is 34.5 Å². The van der Waals surface area contributed by atoms with Crippen molar-refractivity contribution in [3.8, 4) is 0 Å². The molecule has 2 amide bonds. The van der Waals surface area contributed by atoms with Crippen LogP contribution in [0.3, 0.4) is 0 Å². The third-order valence-electron chi connectivity index (χ3n) is 4.83. The van der Waals surface area contributed by atoms with Gasteiger partial charge in [-0.05, 0) is 38.3 Å². The number of ether oxygens (including phenoxy) is 2. The summed E-state index contributed by atoms with van der Waals surface area (Å²) in [6, 6.07) is 17.8. The van der Waals surface area contributed by atoms with Gasteiger partial charge in [0.05, 0.1) is 0 Å². The molecule has 0 spiro atoms. The molecule has 3 rings (SSSR count). The zero-order valence-corrected chi connectivity index (χ0v) is 17.5. The molecule has 1 fully saturated rings. The summed E-state index contributed by atoms with van der Waals surface area (Å²) < 4.78 is 10.9. The molecule has 30 heavy (non-hydrogen) atoms. The van der Waals surface area contributed by atoms with Crippen LogP contribution < -0.4 is 0 Å². The minimum Gasteiger partial charge on any atom is -0.459 e. The highest BCUT2D eigenvalue weighted by molar-refractivity contribution is 6.00. The molecule has 0 saturated carbocycles. The number of nitrogens with zero attached hydrogens (tertiary/aromatic N) is 1. The number of hydrogen-bond donors (Lipinski definition) is 0. The van der Waals surface area contributed by atoms with Gasteiger partial charge in [-0.15, -0.1) is 0 Å². The van der Waals surface area contributed by atoms with Crippen molar-refractivity contribution in [1.82, 2.24) is 4.90 Å². The van der Waals surface area contributed by atoms with Crippen LogP contribution in [0.1, 0.15) is 38.3 Å². The molecule has 0 N–H and O–H groups in total. The number of carbonyl (C=O) groups excluding carboxylic acids is 3. The molecule has 0 aromatic heterocycles. The Bertz CT molecular complexity index is 889. The van der Waals surface area contributed by atoms with E-state index in [1.165, 1.54) is 0 Å². The number of rotatable bonds is 5. The number of likely N-dealkylation sites (tertiary alicyclic amines) is 1. The van der Waals surface area contributed by atoms with E-state index in [0.717, 1.165) is 16.0 Å². The Kier molecular flexibility index (Phi) is 6.55. The van der Waals surface area contributed by atoms with Crippen LogP contribution in [0.25, 0.3) is 0 Å². The first-order valence-electron chi connectivity index (χ1n) is 10.0. The molecule has 158 valence electrons. The monoisotopic (exact) mass is 409 g/mol. The van der Waals surface area contributed by atoms with Gasteiger partial charge >= 0.3 is 12.1 Å². The Morgan fingerprint density at radius 1 is 0.967 bits per heavy atom. The summed E-state index contributed by atoms with van der Waals surface area (Å²) in [6.45, 7) is 5.23. The Hall–Kier alpha value is -3.15. The van der Waals surface area contributed by atoms with E-state index in [4.69, 9.17) is 9.47 Å². The molecule has 2 atom stereocenters. The van der Waals surface area contributed by atoms with Crippen molar-refractivity contribution >= 4 is 18.0 Å². The summed E-state index contributed by atoms with van der Waals surface area (Å²) >= 11 is 0. The van der Waals surface area contributed by atoms with E-state index in [1.54, 1.807) is 20.8 Å². The first-order chi connectivity index (χ1) is 14.2. The average Bonchev–Trinajstić information content (AvgIpc) is 3.02. The first-order valence-corrected chi connectivity index (χ1v) is 10.0. The van der Waals surface area contributed by atoms with E-state index < -0.39 is 29.6 Å². The van der Waals surface area contributed by atoms with Gasteiger partial charge in [0.25, 0.3) is 0 Å². The lowest BCUT2D eigenvalue weighted by molar-refractivity contribution is -0.153. The summed E-state index contributed by atoms with van der Waals surface area (Å²) in [6.07, 6.45) is -0.249. The van der Waals surface area contributed by atoms with Gasteiger partial charge in [-0.2, -0.15) is 0 Å². The third kappa shape index (κ3) is 5.47. The molecule has 1 aliphatic rings. The van der Waals surface area contributed by atoms with Gasteiger partial charge in [-0.3, -0.25) is 4.79 Å². The third-order valence-corrected chi connectivity index (χ3v) is 4.83. The van der Waals surface area contributed by atoms with Crippen molar-refractivity contribution in [3.63, 3.8) is 0 Å². The fourth-order valence-electron chi connectivity index (χ4n) is 3.54.